The lowest BCUT2D eigenvalue weighted by Gasteiger charge is -2.06. The van der Waals surface area contributed by atoms with Crippen molar-refractivity contribution in [3.8, 4) is 17.7 Å². The third-order valence-electron chi connectivity index (χ3n) is 2.32. The molecule has 0 aliphatic heterocycles. The van der Waals surface area contributed by atoms with Crippen molar-refractivity contribution in [3.05, 3.63) is 53.0 Å². The predicted octanol–water partition coefficient (Wildman–Crippen LogP) is 3.16. The number of benzene rings is 1. The van der Waals surface area contributed by atoms with Crippen LogP contribution >= 0.6 is 23.2 Å². The molecule has 1 aromatic carbocycles. The molecule has 0 atom stereocenters. The molecule has 100 valence electrons. The topological polar surface area (TPSA) is 65.7 Å². The summed E-state index contributed by atoms with van der Waals surface area (Å²) in [5.74, 6) is 0.694. The zero-order valence-electron chi connectivity index (χ0n) is 9.94. The van der Waals surface area contributed by atoms with Crippen LogP contribution in [0.4, 0.5) is 0 Å². The molecule has 6 nitrogen and oxygen atoms in total. The number of aromatic nitrogens is 5. The van der Waals surface area contributed by atoms with Gasteiger partial charge in [-0.05, 0) is 29.8 Å². The molecule has 0 aliphatic carbocycles. The largest absolute Gasteiger partial charge is 0.423 e. The molecule has 2 heterocycles. The molecule has 3 aromatic rings. The standard InChI is InChI=1S/C12H7Cl2N5O/c13-8-4-1-2-5-9(8)20-12-17-10(14)16-11(18-12)19-7-3-6-15-19/h1-7H. The van der Waals surface area contributed by atoms with Crippen molar-refractivity contribution in [2.45, 2.75) is 0 Å². The van der Waals surface area contributed by atoms with E-state index in [1.165, 1.54) is 4.68 Å². The maximum Gasteiger partial charge on any atom is 0.328 e. The monoisotopic (exact) mass is 307 g/mol. The van der Waals surface area contributed by atoms with Crippen molar-refractivity contribution in [3.63, 3.8) is 0 Å². The molecule has 0 saturated carbocycles. The van der Waals surface area contributed by atoms with Crippen LogP contribution in [0.25, 0.3) is 5.95 Å². The Balaban J connectivity index is 1.97. The number of ether oxygens (including phenoxy) is 1. The molecule has 0 saturated heterocycles. The van der Waals surface area contributed by atoms with E-state index in [9.17, 15) is 0 Å². The molecule has 0 aliphatic rings. The van der Waals surface area contributed by atoms with Gasteiger partial charge in [0.15, 0.2) is 0 Å². The molecular formula is C12H7Cl2N5O. The van der Waals surface area contributed by atoms with E-state index < -0.39 is 0 Å². The van der Waals surface area contributed by atoms with Gasteiger partial charge in [0.1, 0.15) is 5.75 Å². The summed E-state index contributed by atoms with van der Waals surface area (Å²) in [7, 11) is 0. The number of nitrogens with zero attached hydrogens (tertiary/aromatic N) is 5. The molecule has 0 fully saturated rings. The molecule has 3 rings (SSSR count). The summed E-state index contributed by atoms with van der Waals surface area (Å²) in [4.78, 5) is 12.0. The molecular weight excluding hydrogens is 301 g/mol. The minimum Gasteiger partial charge on any atom is -0.423 e. The van der Waals surface area contributed by atoms with E-state index in [1.54, 1.807) is 42.7 Å². The van der Waals surface area contributed by atoms with Crippen LogP contribution in [0.5, 0.6) is 11.8 Å². The second-order valence-corrected chi connectivity index (χ2v) is 4.42. The van der Waals surface area contributed by atoms with Gasteiger partial charge in [-0.3, -0.25) is 0 Å². The fourth-order valence-electron chi connectivity index (χ4n) is 1.48. The lowest BCUT2D eigenvalue weighted by Crippen LogP contribution is -2.05. The van der Waals surface area contributed by atoms with E-state index in [2.05, 4.69) is 20.1 Å². The Labute approximate surface area is 124 Å². The van der Waals surface area contributed by atoms with Gasteiger partial charge >= 0.3 is 6.01 Å². The summed E-state index contributed by atoms with van der Waals surface area (Å²) >= 11 is 11.9. The fraction of sp³-hybridized carbons (Fsp3) is 0. The van der Waals surface area contributed by atoms with E-state index in [-0.39, 0.29) is 17.2 Å². The van der Waals surface area contributed by atoms with Crippen LogP contribution in [0.1, 0.15) is 0 Å². The minimum absolute atomic E-state index is 0.00699. The van der Waals surface area contributed by atoms with Crippen LogP contribution < -0.4 is 4.74 Å². The Hall–Kier alpha value is -2.18. The molecule has 8 heteroatoms. The van der Waals surface area contributed by atoms with E-state index in [4.69, 9.17) is 27.9 Å². The molecule has 0 radical (unpaired) electrons. The van der Waals surface area contributed by atoms with Gasteiger partial charge in [-0.2, -0.15) is 20.1 Å². The van der Waals surface area contributed by atoms with Crippen LogP contribution in [-0.2, 0) is 0 Å². The summed E-state index contributed by atoms with van der Waals surface area (Å²) in [6, 6.07) is 8.78. The summed E-state index contributed by atoms with van der Waals surface area (Å²) < 4.78 is 6.96. The third kappa shape index (κ3) is 2.71. The first kappa shape index (κ1) is 12.8. The average molecular weight is 308 g/mol. The first-order chi connectivity index (χ1) is 9.72. The highest BCUT2D eigenvalue weighted by atomic mass is 35.5. The van der Waals surface area contributed by atoms with Gasteiger partial charge in [-0.15, -0.1) is 0 Å². The second-order valence-electron chi connectivity index (χ2n) is 3.67. The van der Waals surface area contributed by atoms with Gasteiger partial charge in [0.2, 0.25) is 5.28 Å². The highest BCUT2D eigenvalue weighted by Crippen LogP contribution is 2.27. The molecule has 2 aromatic heterocycles. The van der Waals surface area contributed by atoms with Crippen LogP contribution in [0.3, 0.4) is 0 Å². The van der Waals surface area contributed by atoms with Gasteiger partial charge in [0.25, 0.3) is 5.95 Å². The van der Waals surface area contributed by atoms with Crippen molar-refractivity contribution in [2.75, 3.05) is 0 Å². The molecule has 0 amide bonds. The minimum atomic E-state index is 0.00699. The molecule has 0 spiro atoms. The number of rotatable bonds is 3. The quantitative estimate of drug-likeness (QED) is 0.743. The third-order valence-corrected chi connectivity index (χ3v) is 2.80. The summed E-state index contributed by atoms with van der Waals surface area (Å²) in [6.45, 7) is 0. The summed E-state index contributed by atoms with van der Waals surface area (Å²) in [5.41, 5.74) is 0. The highest BCUT2D eigenvalue weighted by molar-refractivity contribution is 6.32. The van der Waals surface area contributed by atoms with Gasteiger partial charge in [0.05, 0.1) is 5.02 Å². The van der Waals surface area contributed by atoms with E-state index in [1.807, 2.05) is 0 Å². The van der Waals surface area contributed by atoms with Crippen LogP contribution in [0.2, 0.25) is 10.3 Å². The number of hydrogen-bond donors (Lipinski definition) is 0. The van der Waals surface area contributed by atoms with Crippen LogP contribution in [-0.4, -0.2) is 24.7 Å². The molecule has 0 N–H and O–H groups in total. The van der Waals surface area contributed by atoms with Crippen molar-refractivity contribution in [1.82, 2.24) is 24.7 Å². The number of halogens is 2. The van der Waals surface area contributed by atoms with Gasteiger partial charge in [0, 0.05) is 12.4 Å². The Bertz CT molecular complexity index is 732. The van der Waals surface area contributed by atoms with Crippen LogP contribution in [0, 0.1) is 0 Å². The molecule has 0 bridgehead atoms. The average Bonchev–Trinajstić information content (AvgIpc) is 2.95. The fourth-order valence-corrected chi connectivity index (χ4v) is 1.81. The Morgan fingerprint density at radius 1 is 1.00 bits per heavy atom. The number of para-hydroxylation sites is 1. The van der Waals surface area contributed by atoms with Crippen LogP contribution in [0.15, 0.2) is 42.7 Å². The predicted molar refractivity (Wildman–Crippen MR) is 73.5 cm³/mol. The maximum atomic E-state index is 6.01. The van der Waals surface area contributed by atoms with Gasteiger partial charge in [-0.25, -0.2) is 4.68 Å². The van der Waals surface area contributed by atoms with Crippen molar-refractivity contribution >= 4 is 23.2 Å². The van der Waals surface area contributed by atoms with Gasteiger partial charge in [-0.1, -0.05) is 23.7 Å². The smallest absolute Gasteiger partial charge is 0.328 e. The van der Waals surface area contributed by atoms with Crippen molar-refractivity contribution < 1.29 is 4.74 Å². The number of hydrogen-bond acceptors (Lipinski definition) is 5. The Morgan fingerprint density at radius 2 is 1.85 bits per heavy atom. The Morgan fingerprint density at radius 3 is 2.60 bits per heavy atom. The first-order valence-electron chi connectivity index (χ1n) is 5.56. The normalized spacial score (nSPS) is 10.5. The van der Waals surface area contributed by atoms with Crippen molar-refractivity contribution in [1.29, 1.82) is 0 Å². The maximum absolute atomic E-state index is 6.01. The zero-order valence-corrected chi connectivity index (χ0v) is 11.5. The molecule has 20 heavy (non-hydrogen) atoms. The summed E-state index contributed by atoms with van der Waals surface area (Å²) in [6.07, 6.45) is 3.29. The molecule has 0 unspecified atom stereocenters. The van der Waals surface area contributed by atoms with Gasteiger partial charge < -0.3 is 4.74 Å². The first-order valence-corrected chi connectivity index (χ1v) is 6.32. The lowest BCUT2D eigenvalue weighted by atomic mass is 10.3. The second kappa shape index (κ2) is 5.44. The Kier molecular flexibility index (Phi) is 3.49. The van der Waals surface area contributed by atoms with E-state index in [0.717, 1.165) is 0 Å². The zero-order chi connectivity index (χ0) is 13.9. The van der Waals surface area contributed by atoms with Crippen molar-refractivity contribution in [2.24, 2.45) is 0 Å². The highest BCUT2D eigenvalue weighted by Gasteiger charge is 2.10. The summed E-state index contributed by atoms with van der Waals surface area (Å²) in [5, 5.41) is 4.47. The lowest BCUT2D eigenvalue weighted by molar-refractivity contribution is 0.437. The van der Waals surface area contributed by atoms with E-state index >= 15 is 0 Å². The van der Waals surface area contributed by atoms with E-state index in [0.29, 0.717) is 10.8 Å². The SMILES string of the molecule is Clc1nc(Oc2ccccc2Cl)nc(-n2cccn2)n1.